The number of likely N-dealkylation sites (N-methyl/N-ethyl adjacent to an activating group) is 1. The molecule has 1 fully saturated rings. The first kappa shape index (κ1) is 23.3. The van der Waals surface area contributed by atoms with Crippen LogP contribution in [0.1, 0.15) is 48.6 Å². The van der Waals surface area contributed by atoms with E-state index in [4.69, 9.17) is 4.74 Å². The summed E-state index contributed by atoms with van der Waals surface area (Å²) in [7, 11) is 3.86. The van der Waals surface area contributed by atoms with E-state index in [0.29, 0.717) is 12.0 Å². The van der Waals surface area contributed by atoms with Gasteiger partial charge in [0.2, 0.25) is 0 Å². The predicted octanol–water partition coefficient (Wildman–Crippen LogP) is 4.34. The summed E-state index contributed by atoms with van der Waals surface area (Å²) in [5.74, 6) is 7.95. The number of ether oxygens (including phenoxy) is 1. The summed E-state index contributed by atoms with van der Waals surface area (Å²) in [5.41, 5.74) is 5.80. The fourth-order valence-corrected chi connectivity index (χ4v) is 5.83. The van der Waals surface area contributed by atoms with E-state index in [-0.39, 0.29) is 12.1 Å². The van der Waals surface area contributed by atoms with Crippen molar-refractivity contribution in [2.24, 2.45) is 0 Å². The molecule has 6 nitrogen and oxygen atoms in total. The number of H-pyrrole nitrogens is 1. The summed E-state index contributed by atoms with van der Waals surface area (Å²) < 4.78 is 5.26. The second kappa shape index (κ2) is 9.67. The van der Waals surface area contributed by atoms with Gasteiger partial charge in [-0.2, -0.15) is 0 Å². The summed E-state index contributed by atoms with van der Waals surface area (Å²) in [4.78, 5) is 20.6. The summed E-state index contributed by atoms with van der Waals surface area (Å²) >= 11 is 0. The van der Waals surface area contributed by atoms with E-state index in [0.717, 1.165) is 55.0 Å². The van der Waals surface area contributed by atoms with Gasteiger partial charge in [-0.05, 0) is 81.1 Å². The lowest BCUT2D eigenvalue weighted by molar-refractivity contribution is 0.124. The van der Waals surface area contributed by atoms with Crippen molar-refractivity contribution >= 4 is 16.9 Å². The third-order valence-electron chi connectivity index (χ3n) is 7.65. The first-order chi connectivity index (χ1) is 17.0. The monoisotopic (exact) mass is 470 g/mol. The highest BCUT2D eigenvalue weighted by Gasteiger charge is 2.40. The van der Waals surface area contributed by atoms with Crippen LogP contribution in [-0.2, 0) is 6.42 Å². The van der Waals surface area contributed by atoms with Crippen LogP contribution in [0.3, 0.4) is 0 Å². The lowest BCUT2D eigenvalue weighted by Crippen LogP contribution is -2.56. The maximum atomic E-state index is 12.7. The largest absolute Gasteiger partial charge is 0.497 e. The standard InChI is InChI=1S/C29H34N4O2/c1-5-33(6-2)29(34)30-20-16-23-22-8-7-9-26-28(22)24(17-27(23)32(3)18-20)25(31-26)15-12-19-10-13-21(35-4)14-11-19/h7-11,13-14,20,23,27,31H,5-6,16-18H2,1-4H3,(H,30,34)/t20-,23+,27+/m0/s1. The first-order valence-corrected chi connectivity index (χ1v) is 12.6. The van der Waals surface area contributed by atoms with Crippen LogP contribution in [0.2, 0.25) is 0 Å². The third-order valence-corrected chi connectivity index (χ3v) is 7.65. The van der Waals surface area contributed by atoms with E-state index in [2.05, 4.69) is 52.3 Å². The number of nitrogens with zero attached hydrogens (tertiary/aromatic N) is 2. The van der Waals surface area contributed by atoms with Gasteiger partial charge in [0.25, 0.3) is 0 Å². The lowest BCUT2D eigenvalue weighted by Gasteiger charge is -2.46. The molecule has 0 spiro atoms. The smallest absolute Gasteiger partial charge is 0.317 e. The minimum absolute atomic E-state index is 0.0410. The van der Waals surface area contributed by atoms with Gasteiger partial charge in [0.15, 0.2) is 0 Å². The van der Waals surface area contributed by atoms with Crippen molar-refractivity contribution in [2.45, 2.75) is 44.7 Å². The fourth-order valence-electron chi connectivity index (χ4n) is 5.83. The number of rotatable bonds is 4. The Labute approximate surface area is 207 Å². The van der Waals surface area contributed by atoms with Gasteiger partial charge in [0.05, 0.1) is 12.8 Å². The van der Waals surface area contributed by atoms with Crippen LogP contribution in [-0.4, -0.2) is 66.7 Å². The minimum atomic E-state index is 0.0410. The van der Waals surface area contributed by atoms with Gasteiger partial charge in [-0.1, -0.05) is 18.1 Å². The highest BCUT2D eigenvalue weighted by atomic mass is 16.5. The van der Waals surface area contributed by atoms with Crippen molar-refractivity contribution < 1.29 is 9.53 Å². The molecule has 1 aliphatic heterocycles. The van der Waals surface area contributed by atoms with E-state index in [1.807, 2.05) is 43.0 Å². The molecule has 182 valence electrons. The molecule has 35 heavy (non-hydrogen) atoms. The molecule has 2 aromatic carbocycles. The second-order valence-corrected chi connectivity index (χ2v) is 9.60. The average Bonchev–Trinajstić information content (AvgIpc) is 3.23. The topological polar surface area (TPSA) is 60.6 Å². The van der Waals surface area contributed by atoms with Crippen molar-refractivity contribution in [2.75, 3.05) is 33.8 Å². The second-order valence-electron chi connectivity index (χ2n) is 9.60. The van der Waals surface area contributed by atoms with E-state index in [1.165, 1.54) is 16.5 Å². The van der Waals surface area contributed by atoms with Gasteiger partial charge in [-0.15, -0.1) is 0 Å². The van der Waals surface area contributed by atoms with E-state index >= 15 is 0 Å². The van der Waals surface area contributed by atoms with Crippen molar-refractivity contribution in [1.29, 1.82) is 0 Å². The Morgan fingerprint density at radius 3 is 2.66 bits per heavy atom. The number of hydrogen-bond donors (Lipinski definition) is 2. The van der Waals surface area contributed by atoms with Crippen LogP contribution in [0.15, 0.2) is 42.5 Å². The normalized spacial score (nSPS) is 21.1. The number of carbonyl (C=O) groups excluding carboxylic acids is 1. The SMILES string of the molecule is CCN(CC)C(=O)N[C@H]1C[C@@H]2c3cccc4[nH]c(C#Cc5ccc(OC)cc5)c(c34)C[C@H]2N(C)C1. The summed E-state index contributed by atoms with van der Waals surface area (Å²) in [6.45, 7) is 6.36. The molecule has 0 radical (unpaired) electrons. The number of piperidine rings is 1. The number of carbonyl (C=O) groups is 1. The number of benzene rings is 2. The van der Waals surface area contributed by atoms with E-state index < -0.39 is 0 Å². The van der Waals surface area contributed by atoms with E-state index in [1.54, 1.807) is 7.11 Å². The van der Waals surface area contributed by atoms with Crippen molar-refractivity contribution in [3.8, 4) is 17.6 Å². The van der Waals surface area contributed by atoms with Gasteiger partial charge in [-0.25, -0.2) is 4.79 Å². The average molecular weight is 471 g/mol. The zero-order valence-corrected chi connectivity index (χ0v) is 21.0. The Hall–Kier alpha value is -3.43. The van der Waals surface area contributed by atoms with Gasteiger partial charge in [0.1, 0.15) is 5.75 Å². The summed E-state index contributed by atoms with van der Waals surface area (Å²) in [6, 6.07) is 15.0. The Balaban J connectivity index is 1.45. The number of fused-ring (bicyclic) bond motifs is 2. The molecule has 6 heteroatoms. The Morgan fingerprint density at radius 1 is 1.17 bits per heavy atom. The molecule has 0 unspecified atom stereocenters. The van der Waals surface area contributed by atoms with Crippen LogP contribution >= 0.6 is 0 Å². The molecule has 2 heterocycles. The van der Waals surface area contributed by atoms with Crippen molar-refractivity contribution in [1.82, 2.24) is 20.1 Å². The highest BCUT2D eigenvalue weighted by Crippen LogP contribution is 2.44. The molecular formula is C29H34N4O2. The fraction of sp³-hybridized carbons (Fsp3) is 0.414. The van der Waals surface area contributed by atoms with Gasteiger partial charge >= 0.3 is 6.03 Å². The zero-order chi connectivity index (χ0) is 24.5. The summed E-state index contributed by atoms with van der Waals surface area (Å²) in [6.07, 6.45) is 1.92. The Kier molecular flexibility index (Phi) is 6.44. The minimum Gasteiger partial charge on any atom is -0.497 e. The molecule has 3 atom stereocenters. The van der Waals surface area contributed by atoms with Crippen LogP contribution in [0.4, 0.5) is 4.79 Å². The Morgan fingerprint density at radius 2 is 1.94 bits per heavy atom. The quantitative estimate of drug-likeness (QED) is 0.558. The molecule has 1 aliphatic carbocycles. The molecule has 1 aromatic heterocycles. The molecule has 5 rings (SSSR count). The number of hydrogen-bond acceptors (Lipinski definition) is 3. The number of urea groups is 1. The van der Waals surface area contributed by atoms with Crippen LogP contribution in [0, 0.1) is 11.8 Å². The number of aromatic amines is 1. The number of aromatic nitrogens is 1. The maximum absolute atomic E-state index is 12.7. The van der Waals surface area contributed by atoms with Gasteiger partial charge < -0.3 is 24.8 Å². The lowest BCUT2D eigenvalue weighted by atomic mass is 9.73. The molecule has 0 bridgehead atoms. The Bertz CT molecular complexity index is 1280. The molecular weight excluding hydrogens is 436 g/mol. The molecule has 2 amide bonds. The molecule has 2 N–H and O–H groups in total. The van der Waals surface area contributed by atoms with Crippen molar-refractivity contribution in [3.63, 3.8) is 0 Å². The first-order valence-electron chi connectivity index (χ1n) is 12.6. The summed E-state index contributed by atoms with van der Waals surface area (Å²) in [5, 5.41) is 4.61. The molecule has 2 aliphatic rings. The maximum Gasteiger partial charge on any atom is 0.317 e. The third kappa shape index (κ3) is 4.37. The number of methoxy groups -OCH3 is 1. The van der Waals surface area contributed by atoms with Gasteiger partial charge in [0, 0.05) is 54.1 Å². The molecule has 1 saturated heterocycles. The molecule has 3 aromatic rings. The van der Waals surface area contributed by atoms with E-state index in [9.17, 15) is 4.79 Å². The number of likely N-dealkylation sites (tertiary alicyclic amines) is 1. The number of amides is 2. The van der Waals surface area contributed by atoms with Crippen LogP contribution < -0.4 is 10.1 Å². The van der Waals surface area contributed by atoms with Crippen LogP contribution in [0.5, 0.6) is 5.75 Å². The predicted molar refractivity (Wildman–Crippen MR) is 140 cm³/mol. The number of nitrogens with one attached hydrogen (secondary N) is 2. The van der Waals surface area contributed by atoms with Crippen LogP contribution in [0.25, 0.3) is 10.9 Å². The highest BCUT2D eigenvalue weighted by molar-refractivity contribution is 5.91. The molecule has 0 saturated carbocycles. The van der Waals surface area contributed by atoms with Crippen molar-refractivity contribution in [3.05, 3.63) is 64.8 Å². The zero-order valence-electron chi connectivity index (χ0n) is 21.0. The van der Waals surface area contributed by atoms with Gasteiger partial charge in [-0.3, -0.25) is 0 Å².